The summed E-state index contributed by atoms with van der Waals surface area (Å²) in [4.78, 5) is 25.5. The number of hydrogen-bond donors (Lipinski definition) is 2. The lowest BCUT2D eigenvalue weighted by atomic mass is 9.87. The molecule has 2 N–H and O–H groups in total. The molecule has 0 aliphatic carbocycles. The molecule has 0 radical (unpaired) electrons. The smallest absolute Gasteiger partial charge is 0.307 e. The number of thiazole rings is 1. The fourth-order valence-corrected chi connectivity index (χ4v) is 5.30. The van der Waals surface area contributed by atoms with E-state index in [9.17, 15) is 4.79 Å². The molecule has 0 spiro atoms. The Morgan fingerprint density at radius 3 is 2.24 bits per heavy atom. The number of carbonyl (C=O) groups is 1. The monoisotopic (exact) mass is 522 g/mol. The SMILES string of the molecule is CC(C)(C)c1ccc2nc(Cc3cc(Cc4ccccc4)nc(Nc4ccc(CC(=O)O)cc4)n3)sc2c1. The summed E-state index contributed by atoms with van der Waals surface area (Å²) in [5.74, 6) is -0.340. The Bertz CT molecular complexity index is 1570. The fraction of sp³-hybridized carbons (Fsp3) is 0.226. The van der Waals surface area contributed by atoms with E-state index in [1.165, 1.54) is 15.8 Å². The van der Waals surface area contributed by atoms with Crippen LogP contribution >= 0.6 is 11.3 Å². The predicted octanol–water partition coefficient (Wildman–Crippen LogP) is 6.94. The average molecular weight is 523 g/mol. The van der Waals surface area contributed by atoms with Crippen molar-refractivity contribution in [1.82, 2.24) is 15.0 Å². The number of fused-ring (bicyclic) bond motifs is 1. The molecule has 0 aliphatic rings. The summed E-state index contributed by atoms with van der Waals surface area (Å²) < 4.78 is 1.19. The van der Waals surface area contributed by atoms with E-state index >= 15 is 0 Å². The summed E-state index contributed by atoms with van der Waals surface area (Å²) >= 11 is 1.71. The highest BCUT2D eigenvalue weighted by atomic mass is 32.1. The largest absolute Gasteiger partial charge is 0.481 e. The topological polar surface area (TPSA) is 88.0 Å². The standard InChI is InChI=1S/C31H30N4O2S/c1-31(2,3)22-11-14-26-27(17-22)38-28(35-26)19-25-18-24(15-20-7-5-4-6-8-20)33-30(34-25)32-23-12-9-21(10-13-23)16-29(36)37/h4-14,17-18H,15-16,19H2,1-3H3,(H,36,37)(H,32,33,34). The zero-order valence-electron chi connectivity index (χ0n) is 21.7. The highest BCUT2D eigenvalue weighted by Gasteiger charge is 2.16. The molecule has 2 heterocycles. The van der Waals surface area contributed by atoms with Gasteiger partial charge in [-0.1, -0.05) is 69.3 Å². The highest BCUT2D eigenvalue weighted by molar-refractivity contribution is 7.18. The van der Waals surface area contributed by atoms with E-state index in [0.717, 1.165) is 33.2 Å². The summed E-state index contributed by atoms with van der Waals surface area (Å²) in [5, 5.41) is 13.3. The fourth-order valence-electron chi connectivity index (χ4n) is 4.27. The third-order valence-electron chi connectivity index (χ3n) is 6.26. The van der Waals surface area contributed by atoms with Gasteiger partial charge in [-0.2, -0.15) is 0 Å². The van der Waals surface area contributed by atoms with Gasteiger partial charge in [0.15, 0.2) is 0 Å². The molecule has 0 bridgehead atoms. The lowest BCUT2D eigenvalue weighted by Crippen LogP contribution is -2.10. The number of aliphatic carboxylic acids is 1. The second-order valence-corrected chi connectivity index (χ2v) is 11.6. The van der Waals surface area contributed by atoms with Gasteiger partial charge in [0, 0.05) is 18.5 Å². The highest BCUT2D eigenvalue weighted by Crippen LogP contribution is 2.30. The Morgan fingerprint density at radius 1 is 0.842 bits per heavy atom. The van der Waals surface area contributed by atoms with Gasteiger partial charge in [0.1, 0.15) is 0 Å². The molecule has 0 aliphatic heterocycles. The summed E-state index contributed by atoms with van der Waals surface area (Å²) in [6.07, 6.45) is 1.30. The third kappa shape index (κ3) is 6.42. The molecular formula is C31H30N4O2S. The number of nitrogens with one attached hydrogen (secondary N) is 1. The zero-order valence-corrected chi connectivity index (χ0v) is 22.5. The van der Waals surface area contributed by atoms with Crippen molar-refractivity contribution in [1.29, 1.82) is 0 Å². The van der Waals surface area contributed by atoms with Gasteiger partial charge in [0.25, 0.3) is 0 Å². The Labute approximate surface area is 226 Å². The lowest BCUT2D eigenvalue weighted by Gasteiger charge is -2.18. The maximum absolute atomic E-state index is 11.0. The first kappa shape index (κ1) is 25.5. The van der Waals surface area contributed by atoms with Crippen molar-refractivity contribution in [3.63, 3.8) is 0 Å². The van der Waals surface area contributed by atoms with E-state index in [0.29, 0.717) is 18.8 Å². The molecular weight excluding hydrogens is 492 g/mol. The first-order valence-corrected chi connectivity index (χ1v) is 13.4. The Hall–Kier alpha value is -4.10. The van der Waals surface area contributed by atoms with Gasteiger partial charge >= 0.3 is 5.97 Å². The maximum Gasteiger partial charge on any atom is 0.307 e. The van der Waals surface area contributed by atoms with Crippen molar-refractivity contribution in [2.24, 2.45) is 0 Å². The molecule has 192 valence electrons. The number of nitrogens with zero attached hydrogens (tertiary/aromatic N) is 3. The van der Waals surface area contributed by atoms with Crippen LogP contribution in [0.4, 0.5) is 11.6 Å². The summed E-state index contributed by atoms with van der Waals surface area (Å²) in [6, 6.07) is 26.1. The van der Waals surface area contributed by atoms with Crippen molar-refractivity contribution in [3.05, 3.63) is 112 Å². The minimum Gasteiger partial charge on any atom is -0.481 e. The summed E-state index contributed by atoms with van der Waals surface area (Å²) in [5.41, 5.74) is 6.93. The summed E-state index contributed by atoms with van der Waals surface area (Å²) in [6.45, 7) is 6.67. The van der Waals surface area contributed by atoms with Crippen molar-refractivity contribution in [2.75, 3.05) is 5.32 Å². The van der Waals surface area contributed by atoms with Gasteiger partial charge in [-0.15, -0.1) is 11.3 Å². The van der Waals surface area contributed by atoms with E-state index in [-0.39, 0.29) is 11.8 Å². The number of rotatable bonds is 8. The van der Waals surface area contributed by atoms with Gasteiger partial charge in [-0.3, -0.25) is 4.79 Å². The minimum atomic E-state index is -0.850. The van der Waals surface area contributed by atoms with Crippen LogP contribution in [-0.2, 0) is 29.5 Å². The van der Waals surface area contributed by atoms with E-state index in [1.807, 2.05) is 30.3 Å². The van der Waals surface area contributed by atoms with Crippen molar-refractivity contribution < 1.29 is 9.90 Å². The van der Waals surface area contributed by atoms with Crippen LogP contribution in [0.25, 0.3) is 10.2 Å². The molecule has 3 aromatic carbocycles. The number of benzene rings is 3. The normalized spacial score (nSPS) is 11.6. The molecule has 0 fully saturated rings. The molecule has 0 saturated carbocycles. The van der Waals surface area contributed by atoms with Crippen LogP contribution in [-0.4, -0.2) is 26.0 Å². The van der Waals surface area contributed by atoms with E-state index in [2.05, 4.69) is 62.5 Å². The van der Waals surface area contributed by atoms with Crippen molar-refractivity contribution in [2.45, 2.75) is 45.4 Å². The van der Waals surface area contributed by atoms with Crippen LogP contribution in [0.1, 0.15) is 53.9 Å². The van der Waals surface area contributed by atoms with E-state index in [1.54, 1.807) is 23.5 Å². The van der Waals surface area contributed by atoms with Crippen LogP contribution < -0.4 is 5.32 Å². The maximum atomic E-state index is 11.0. The molecule has 6 nitrogen and oxygen atoms in total. The first-order valence-electron chi connectivity index (χ1n) is 12.6. The summed E-state index contributed by atoms with van der Waals surface area (Å²) in [7, 11) is 0. The predicted molar refractivity (Wildman–Crippen MR) is 153 cm³/mol. The minimum absolute atomic E-state index is 0.00704. The number of carboxylic acids is 1. The van der Waals surface area contributed by atoms with Crippen molar-refractivity contribution in [3.8, 4) is 0 Å². The Morgan fingerprint density at radius 2 is 1.55 bits per heavy atom. The molecule has 7 heteroatoms. The van der Waals surface area contributed by atoms with E-state index < -0.39 is 5.97 Å². The average Bonchev–Trinajstić information content (AvgIpc) is 3.26. The molecule has 0 saturated heterocycles. The van der Waals surface area contributed by atoms with Crippen LogP contribution in [0.5, 0.6) is 0 Å². The van der Waals surface area contributed by atoms with Gasteiger partial charge in [0.05, 0.1) is 33.0 Å². The van der Waals surface area contributed by atoms with Gasteiger partial charge in [0.2, 0.25) is 5.95 Å². The number of aromatic nitrogens is 3. The third-order valence-corrected chi connectivity index (χ3v) is 7.27. The van der Waals surface area contributed by atoms with Crippen LogP contribution in [0.2, 0.25) is 0 Å². The second kappa shape index (κ2) is 10.7. The number of hydrogen-bond acceptors (Lipinski definition) is 6. The van der Waals surface area contributed by atoms with Crippen molar-refractivity contribution >= 4 is 39.2 Å². The van der Waals surface area contributed by atoms with Gasteiger partial charge < -0.3 is 10.4 Å². The molecule has 0 amide bonds. The lowest BCUT2D eigenvalue weighted by molar-refractivity contribution is -0.136. The van der Waals surface area contributed by atoms with Gasteiger partial charge in [-0.05, 0) is 52.4 Å². The molecule has 38 heavy (non-hydrogen) atoms. The number of anilines is 2. The molecule has 0 unspecified atom stereocenters. The van der Waals surface area contributed by atoms with Crippen LogP contribution in [0, 0.1) is 0 Å². The zero-order chi connectivity index (χ0) is 26.7. The quantitative estimate of drug-likeness (QED) is 0.230. The van der Waals surface area contributed by atoms with Crippen LogP contribution in [0.15, 0.2) is 78.9 Å². The van der Waals surface area contributed by atoms with Crippen LogP contribution in [0.3, 0.4) is 0 Å². The molecule has 5 aromatic rings. The molecule has 0 atom stereocenters. The molecule has 2 aromatic heterocycles. The Balaban J connectivity index is 1.43. The molecule has 5 rings (SSSR count). The van der Waals surface area contributed by atoms with Gasteiger partial charge in [-0.25, -0.2) is 15.0 Å². The Kier molecular flexibility index (Phi) is 7.20. The second-order valence-electron chi connectivity index (χ2n) is 10.4. The number of carboxylic acid groups (broad SMARTS) is 1. The first-order chi connectivity index (χ1) is 18.2. The van der Waals surface area contributed by atoms with E-state index in [4.69, 9.17) is 20.1 Å².